The molecule has 1 aromatic heterocycles. The van der Waals surface area contributed by atoms with Gasteiger partial charge in [0.15, 0.2) is 10.3 Å². The minimum Gasteiger partial charge on any atom is -0.320 e. The van der Waals surface area contributed by atoms with Crippen molar-refractivity contribution in [2.24, 2.45) is 0 Å². The summed E-state index contributed by atoms with van der Waals surface area (Å²) in [5, 5.41) is 2.80. The first-order valence-electron chi connectivity index (χ1n) is 4.17. The molecule has 1 aromatic rings. The van der Waals surface area contributed by atoms with E-state index in [0.29, 0.717) is 6.42 Å². The summed E-state index contributed by atoms with van der Waals surface area (Å²) in [7, 11) is 0. The first-order valence-corrected chi connectivity index (χ1v) is 5.84. The quantitative estimate of drug-likeness (QED) is 0.689. The van der Waals surface area contributed by atoms with Crippen LogP contribution in [0, 0.1) is 0 Å². The van der Waals surface area contributed by atoms with E-state index in [0.717, 1.165) is 0 Å². The van der Waals surface area contributed by atoms with Crippen molar-refractivity contribution < 1.29 is 4.79 Å². The number of hydrogen-bond acceptors (Lipinski definition) is 3. The number of aromatic nitrogens is 2. The molecule has 0 aliphatic rings. The summed E-state index contributed by atoms with van der Waals surface area (Å²) >= 11 is 14.7. The molecule has 15 heavy (non-hydrogen) atoms. The van der Waals surface area contributed by atoms with Gasteiger partial charge in [0, 0.05) is 0 Å². The zero-order valence-electron chi connectivity index (χ0n) is 7.80. The summed E-state index contributed by atoms with van der Waals surface area (Å²) in [5.41, 5.74) is 0.240. The lowest BCUT2D eigenvalue weighted by molar-refractivity contribution is -0.115. The van der Waals surface area contributed by atoms with Crippen LogP contribution in [0.2, 0.25) is 10.3 Å². The first-order chi connectivity index (χ1) is 7.06. The van der Waals surface area contributed by atoms with Crippen molar-refractivity contribution in [1.29, 1.82) is 0 Å². The molecule has 82 valence electrons. The normalized spacial score (nSPS) is 12.3. The lowest BCUT2D eigenvalue weighted by atomic mass is 10.3. The molecule has 0 spiro atoms. The number of nitrogens with one attached hydrogen (secondary N) is 1. The minimum absolute atomic E-state index is 0.124. The van der Waals surface area contributed by atoms with E-state index in [-0.39, 0.29) is 26.7 Å². The predicted octanol–water partition coefficient (Wildman–Crippen LogP) is 2.90. The van der Waals surface area contributed by atoms with Crippen molar-refractivity contribution in [1.82, 2.24) is 9.97 Å². The summed E-state index contributed by atoms with van der Waals surface area (Å²) in [5.74, 6) is -0.226. The highest BCUT2D eigenvalue weighted by atomic mass is 79.9. The van der Waals surface area contributed by atoms with Crippen LogP contribution in [0.4, 0.5) is 5.69 Å². The van der Waals surface area contributed by atoms with E-state index in [2.05, 4.69) is 31.2 Å². The molecular formula is C8H8BrCl2N3O. The fraction of sp³-hybridized carbons (Fsp3) is 0.375. The Morgan fingerprint density at radius 1 is 1.53 bits per heavy atom. The Bertz CT molecular complexity index is 355. The molecule has 0 saturated carbocycles. The number of rotatable bonds is 3. The van der Waals surface area contributed by atoms with Crippen LogP contribution in [-0.4, -0.2) is 20.7 Å². The van der Waals surface area contributed by atoms with Gasteiger partial charge in [-0.1, -0.05) is 46.1 Å². The maximum Gasteiger partial charge on any atom is 0.238 e. The summed E-state index contributed by atoms with van der Waals surface area (Å²) < 4.78 is 0. The minimum atomic E-state index is -0.287. The van der Waals surface area contributed by atoms with Crippen LogP contribution in [0.1, 0.15) is 13.3 Å². The van der Waals surface area contributed by atoms with E-state index in [1.807, 2.05) is 6.92 Å². The van der Waals surface area contributed by atoms with Crippen LogP contribution < -0.4 is 5.32 Å². The number of halogens is 3. The van der Waals surface area contributed by atoms with Gasteiger partial charge in [-0.15, -0.1) is 0 Å². The van der Waals surface area contributed by atoms with Crippen molar-refractivity contribution in [2.75, 3.05) is 5.32 Å². The molecule has 1 amide bonds. The monoisotopic (exact) mass is 311 g/mol. The molecule has 7 heteroatoms. The van der Waals surface area contributed by atoms with Gasteiger partial charge < -0.3 is 5.32 Å². The van der Waals surface area contributed by atoms with Gasteiger partial charge in [-0.2, -0.15) is 0 Å². The molecule has 1 unspecified atom stereocenters. The standard InChI is InChI=1S/C8H8BrCl2N3O/c1-2-4(9)8(15)14-5-6(10)12-3-13-7(5)11/h3-4H,2H2,1H3,(H,14,15). The number of nitrogens with zero attached hydrogens (tertiary/aromatic N) is 2. The number of anilines is 1. The van der Waals surface area contributed by atoms with E-state index in [1.165, 1.54) is 6.33 Å². The van der Waals surface area contributed by atoms with Crippen LogP contribution in [0.15, 0.2) is 6.33 Å². The molecule has 4 nitrogen and oxygen atoms in total. The zero-order chi connectivity index (χ0) is 11.4. The predicted molar refractivity (Wildman–Crippen MR) is 63.7 cm³/mol. The van der Waals surface area contributed by atoms with Crippen molar-refractivity contribution in [3.05, 3.63) is 16.6 Å². The van der Waals surface area contributed by atoms with E-state index in [4.69, 9.17) is 23.2 Å². The van der Waals surface area contributed by atoms with Crippen molar-refractivity contribution in [2.45, 2.75) is 18.2 Å². The number of alkyl halides is 1. The molecule has 1 heterocycles. The Kier molecular flexibility index (Phi) is 4.76. The molecule has 0 bridgehead atoms. The van der Waals surface area contributed by atoms with Crippen LogP contribution >= 0.6 is 39.1 Å². The van der Waals surface area contributed by atoms with Gasteiger partial charge in [0.05, 0.1) is 4.83 Å². The largest absolute Gasteiger partial charge is 0.320 e. The molecular weight excluding hydrogens is 305 g/mol. The smallest absolute Gasteiger partial charge is 0.238 e. The number of carbonyl (C=O) groups is 1. The molecule has 1 atom stereocenters. The van der Waals surface area contributed by atoms with Crippen molar-refractivity contribution in [3.8, 4) is 0 Å². The highest BCUT2D eigenvalue weighted by Crippen LogP contribution is 2.26. The average molecular weight is 313 g/mol. The van der Waals surface area contributed by atoms with Gasteiger partial charge in [-0.05, 0) is 6.42 Å². The number of carbonyl (C=O) groups excluding carboxylic acids is 1. The van der Waals surface area contributed by atoms with Crippen LogP contribution in [0.5, 0.6) is 0 Å². The second kappa shape index (κ2) is 5.63. The Hall–Kier alpha value is -0.390. The van der Waals surface area contributed by atoms with Gasteiger partial charge >= 0.3 is 0 Å². The van der Waals surface area contributed by atoms with E-state index in [9.17, 15) is 4.79 Å². The molecule has 0 aromatic carbocycles. The topological polar surface area (TPSA) is 54.9 Å². The fourth-order valence-electron chi connectivity index (χ4n) is 0.835. The average Bonchev–Trinajstić information content (AvgIpc) is 2.22. The van der Waals surface area contributed by atoms with Crippen LogP contribution in [0.25, 0.3) is 0 Å². The lowest BCUT2D eigenvalue weighted by Gasteiger charge is -2.10. The van der Waals surface area contributed by atoms with Gasteiger partial charge in [-0.3, -0.25) is 4.79 Å². The van der Waals surface area contributed by atoms with E-state index < -0.39 is 0 Å². The molecule has 1 rings (SSSR count). The number of hydrogen-bond donors (Lipinski definition) is 1. The highest BCUT2D eigenvalue weighted by molar-refractivity contribution is 9.10. The van der Waals surface area contributed by atoms with Gasteiger partial charge in [0.2, 0.25) is 5.91 Å². The van der Waals surface area contributed by atoms with Crippen LogP contribution in [-0.2, 0) is 4.79 Å². The fourth-order valence-corrected chi connectivity index (χ4v) is 1.36. The second-order valence-electron chi connectivity index (χ2n) is 2.70. The van der Waals surface area contributed by atoms with Gasteiger partial charge in [-0.25, -0.2) is 9.97 Å². The maximum atomic E-state index is 11.5. The first kappa shape index (κ1) is 12.7. The van der Waals surface area contributed by atoms with E-state index >= 15 is 0 Å². The van der Waals surface area contributed by atoms with Crippen LogP contribution in [0.3, 0.4) is 0 Å². The zero-order valence-corrected chi connectivity index (χ0v) is 10.9. The third kappa shape index (κ3) is 3.29. The highest BCUT2D eigenvalue weighted by Gasteiger charge is 2.16. The summed E-state index contributed by atoms with van der Waals surface area (Å²) in [6, 6.07) is 0. The third-order valence-electron chi connectivity index (χ3n) is 1.65. The summed E-state index contributed by atoms with van der Waals surface area (Å²) in [6.45, 7) is 1.88. The molecule has 0 fully saturated rings. The van der Waals surface area contributed by atoms with Gasteiger partial charge in [0.25, 0.3) is 0 Å². The molecule has 0 aliphatic heterocycles. The van der Waals surface area contributed by atoms with Gasteiger partial charge in [0.1, 0.15) is 12.0 Å². The Labute approximate surface area is 106 Å². The molecule has 0 radical (unpaired) electrons. The molecule has 0 aliphatic carbocycles. The Morgan fingerprint density at radius 2 is 2.07 bits per heavy atom. The summed E-state index contributed by atoms with van der Waals surface area (Å²) in [4.78, 5) is 18.7. The van der Waals surface area contributed by atoms with E-state index in [1.54, 1.807) is 0 Å². The third-order valence-corrected chi connectivity index (χ3v) is 3.28. The second-order valence-corrected chi connectivity index (χ2v) is 4.52. The number of amides is 1. The summed E-state index contributed by atoms with van der Waals surface area (Å²) in [6.07, 6.45) is 1.89. The van der Waals surface area contributed by atoms with Crippen molar-refractivity contribution >= 4 is 50.7 Å². The Morgan fingerprint density at radius 3 is 2.53 bits per heavy atom. The lowest BCUT2D eigenvalue weighted by Crippen LogP contribution is -2.22. The molecule has 0 saturated heterocycles. The maximum absolute atomic E-state index is 11.5. The SMILES string of the molecule is CCC(Br)C(=O)Nc1c(Cl)ncnc1Cl. The molecule has 1 N–H and O–H groups in total. The Balaban J connectivity index is 2.85. The van der Waals surface area contributed by atoms with Crippen molar-refractivity contribution in [3.63, 3.8) is 0 Å².